The van der Waals surface area contributed by atoms with Crippen LogP contribution in [-0.4, -0.2) is 45.6 Å². The number of nitrogens with one attached hydrogen (secondary N) is 3. The van der Waals surface area contributed by atoms with Crippen LogP contribution in [0.1, 0.15) is 18.7 Å². The van der Waals surface area contributed by atoms with Gasteiger partial charge in [0.25, 0.3) is 5.56 Å². The number of aryl methyl sites for hydroxylation is 2. The van der Waals surface area contributed by atoms with Crippen molar-refractivity contribution in [1.29, 1.82) is 0 Å². The number of rotatable bonds is 7. The van der Waals surface area contributed by atoms with Gasteiger partial charge in [0.15, 0.2) is 5.82 Å². The van der Waals surface area contributed by atoms with Gasteiger partial charge in [0, 0.05) is 38.8 Å². The van der Waals surface area contributed by atoms with Crippen LogP contribution in [-0.2, 0) is 26.6 Å². The average Bonchev–Trinajstić information content (AvgIpc) is 3.15. The van der Waals surface area contributed by atoms with E-state index in [1.165, 1.54) is 28.4 Å². The number of aromatic amines is 1. The molecule has 3 heterocycles. The third kappa shape index (κ3) is 4.39. The lowest BCUT2D eigenvalue weighted by Gasteiger charge is -2.12. The van der Waals surface area contributed by atoms with Gasteiger partial charge in [0.05, 0.1) is 11.9 Å². The maximum Gasteiger partial charge on any atom is 0.332 e. The minimum Gasteiger partial charge on any atom is -0.305 e. The Balaban J connectivity index is 1.38. The van der Waals surface area contributed by atoms with E-state index in [1.807, 2.05) is 0 Å². The van der Waals surface area contributed by atoms with Crippen molar-refractivity contribution in [3.63, 3.8) is 0 Å². The summed E-state index contributed by atoms with van der Waals surface area (Å²) < 4.78 is 4.08. The molecule has 13 heteroatoms. The molecule has 4 rings (SSSR count). The summed E-state index contributed by atoms with van der Waals surface area (Å²) in [5.41, 5.74) is -0.416. The van der Waals surface area contributed by atoms with Crippen LogP contribution in [0.3, 0.4) is 0 Å². The predicted molar refractivity (Wildman–Crippen MR) is 101 cm³/mol. The van der Waals surface area contributed by atoms with Crippen LogP contribution >= 0.6 is 0 Å². The van der Waals surface area contributed by atoms with Crippen molar-refractivity contribution in [2.24, 2.45) is 13.0 Å². The largest absolute Gasteiger partial charge is 0.332 e. The summed E-state index contributed by atoms with van der Waals surface area (Å²) in [6.45, 7) is 0.928. The Morgan fingerprint density at radius 2 is 2.14 bits per heavy atom. The van der Waals surface area contributed by atoms with Gasteiger partial charge >= 0.3 is 11.7 Å². The molecule has 1 saturated carbocycles. The number of anilines is 2. The van der Waals surface area contributed by atoms with E-state index in [0.717, 1.165) is 12.8 Å². The lowest BCUT2D eigenvalue weighted by atomic mass is 10.4. The number of carbonyl (C=O) groups excluding carboxylic acids is 1. The van der Waals surface area contributed by atoms with Gasteiger partial charge in [-0.05, 0) is 18.8 Å². The summed E-state index contributed by atoms with van der Waals surface area (Å²) in [4.78, 5) is 36.9. The fourth-order valence-corrected chi connectivity index (χ4v) is 2.85. The molecule has 1 aliphatic rings. The Hall–Kier alpha value is -3.77. The van der Waals surface area contributed by atoms with Gasteiger partial charge in [0.2, 0.25) is 0 Å². The van der Waals surface area contributed by atoms with Crippen molar-refractivity contribution in [3.05, 3.63) is 45.1 Å². The summed E-state index contributed by atoms with van der Waals surface area (Å²) in [6.07, 6.45) is 5.72. The Morgan fingerprint density at radius 1 is 1.31 bits per heavy atom. The molecule has 0 aliphatic heterocycles. The molecule has 152 valence electrons. The molecule has 0 atom stereocenters. The Morgan fingerprint density at radius 3 is 2.86 bits per heavy atom. The number of nitrogens with zero attached hydrogens (tertiary/aromatic N) is 7. The molecule has 13 nitrogen and oxygen atoms in total. The number of hydrogen-bond donors (Lipinski definition) is 3. The van der Waals surface area contributed by atoms with E-state index in [2.05, 4.69) is 36.4 Å². The first-order valence-electron chi connectivity index (χ1n) is 9.13. The molecule has 29 heavy (non-hydrogen) atoms. The summed E-state index contributed by atoms with van der Waals surface area (Å²) in [7, 11) is 1.51. The van der Waals surface area contributed by atoms with Crippen molar-refractivity contribution < 1.29 is 4.79 Å². The quantitative estimate of drug-likeness (QED) is 0.485. The van der Waals surface area contributed by atoms with Gasteiger partial charge < -0.3 is 5.32 Å². The van der Waals surface area contributed by atoms with Gasteiger partial charge in [-0.25, -0.2) is 9.59 Å². The SMILES string of the molecule is Cn1c(NC(=O)Nc2cnn(CCc3nn[nH]n3)c2)cc(=O)n(CC2CC2)c1=O. The van der Waals surface area contributed by atoms with Crippen LogP contribution in [0, 0.1) is 5.92 Å². The zero-order valence-corrected chi connectivity index (χ0v) is 15.7. The fourth-order valence-electron chi connectivity index (χ4n) is 2.85. The van der Waals surface area contributed by atoms with E-state index in [9.17, 15) is 14.4 Å². The Labute approximate surface area is 163 Å². The number of hydrogen-bond acceptors (Lipinski definition) is 7. The molecule has 3 N–H and O–H groups in total. The smallest absolute Gasteiger partial charge is 0.305 e. The molecule has 0 bridgehead atoms. The highest BCUT2D eigenvalue weighted by atomic mass is 16.2. The normalized spacial score (nSPS) is 13.4. The second-order valence-electron chi connectivity index (χ2n) is 6.91. The van der Waals surface area contributed by atoms with Gasteiger partial charge in [-0.15, -0.1) is 10.2 Å². The highest BCUT2D eigenvalue weighted by molar-refractivity contribution is 5.98. The van der Waals surface area contributed by atoms with E-state index in [1.54, 1.807) is 10.9 Å². The summed E-state index contributed by atoms with van der Waals surface area (Å²) in [5.74, 6) is 1.07. The third-order valence-electron chi connectivity index (χ3n) is 4.63. The molecule has 0 saturated heterocycles. The van der Waals surface area contributed by atoms with E-state index in [-0.39, 0.29) is 5.82 Å². The number of aromatic nitrogens is 8. The van der Waals surface area contributed by atoms with E-state index in [0.29, 0.717) is 36.9 Å². The minimum atomic E-state index is -0.586. The first-order chi connectivity index (χ1) is 14.0. The topological polar surface area (TPSA) is 157 Å². The van der Waals surface area contributed by atoms with E-state index in [4.69, 9.17) is 0 Å². The number of carbonyl (C=O) groups is 1. The van der Waals surface area contributed by atoms with Gasteiger partial charge in [0.1, 0.15) is 5.82 Å². The maximum atomic E-state index is 12.4. The van der Waals surface area contributed by atoms with Gasteiger partial charge in [-0.1, -0.05) is 5.21 Å². The highest BCUT2D eigenvalue weighted by Crippen LogP contribution is 2.29. The van der Waals surface area contributed by atoms with Crippen LogP contribution in [0.15, 0.2) is 28.0 Å². The number of amides is 2. The molecule has 0 spiro atoms. The second-order valence-corrected chi connectivity index (χ2v) is 6.91. The van der Waals surface area contributed by atoms with Crippen molar-refractivity contribution >= 4 is 17.5 Å². The number of H-pyrrole nitrogens is 1. The molecule has 1 aliphatic carbocycles. The predicted octanol–water partition coefficient (Wildman–Crippen LogP) is -0.447. The van der Waals surface area contributed by atoms with Crippen LogP contribution in [0.5, 0.6) is 0 Å². The number of tetrazole rings is 1. The first-order valence-corrected chi connectivity index (χ1v) is 9.13. The zero-order valence-electron chi connectivity index (χ0n) is 15.7. The third-order valence-corrected chi connectivity index (χ3v) is 4.63. The molecule has 3 aromatic heterocycles. The van der Waals surface area contributed by atoms with Crippen molar-refractivity contribution in [3.8, 4) is 0 Å². The van der Waals surface area contributed by atoms with Crippen LogP contribution in [0.4, 0.5) is 16.3 Å². The van der Waals surface area contributed by atoms with Crippen LogP contribution in [0.25, 0.3) is 0 Å². The van der Waals surface area contributed by atoms with E-state index >= 15 is 0 Å². The Bertz CT molecular complexity index is 1120. The molecular formula is C16H20N10O3. The standard InChI is InChI=1S/C16H20N10O3/c1-24-13(6-14(27)26(16(24)29)8-10-2-3-10)19-15(28)18-11-7-17-25(9-11)5-4-12-20-22-23-21-12/h6-7,9-10H,2-5,8H2,1H3,(H2,18,19,28)(H,20,21,22,23). The van der Waals surface area contributed by atoms with Crippen molar-refractivity contribution in [1.82, 2.24) is 39.5 Å². The van der Waals surface area contributed by atoms with Crippen molar-refractivity contribution in [2.45, 2.75) is 32.4 Å². The van der Waals surface area contributed by atoms with E-state index < -0.39 is 17.3 Å². The zero-order chi connectivity index (χ0) is 20.4. The summed E-state index contributed by atoms with van der Waals surface area (Å²) in [6, 6.07) is 0.662. The van der Waals surface area contributed by atoms with Crippen LogP contribution in [0.2, 0.25) is 0 Å². The molecular weight excluding hydrogens is 380 g/mol. The summed E-state index contributed by atoms with van der Waals surface area (Å²) >= 11 is 0. The monoisotopic (exact) mass is 400 g/mol. The molecule has 3 aromatic rings. The highest BCUT2D eigenvalue weighted by Gasteiger charge is 2.24. The molecule has 0 aromatic carbocycles. The molecule has 0 radical (unpaired) electrons. The lowest BCUT2D eigenvalue weighted by Crippen LogP contribution is -2.40. The average molecular weight is 400 g/mol. The van der Waals surface area contributed by atoms with Gasteiger partial charge in [-0.2, -0.15) is 10.3 Å². The minimum absolute atomic E-state index is 0.119. The fraction of sp³-hybridized carbons (Fsp3) is 0.438. The molecule has 1 fully saturated rings. The molecule has 2 amide bonds. The number of urea groups is 1. The Kier molecular flexibility index (Phi) is 4.93. The first kappa shape index (κ1) is 18.6. The second kappa shape index (κ2) is 7.69. The maximum absolute atomic E-state index is 12.4. The molecule has 0 unspecified atom stereocenters. The lowest BCUT2D eigenvalue weighted by molar-refractivity contribution is 0.262. The van der Waals surface area contributed by atoms with Gasteiger partial charge in [-0.3, -0.25) is 23.9 Å². The van der Waals surface area contributed by atoms with Crippen molar-refractivity contribution in [2.75, 3.05) is 10.6 Å². The summed E-state index contributed by atoms with van der Waals surface area (Å²) in [5, 5.41) is 22.9. The van der Waals surface area contributed by atoms with Crippen LogP contribution < -0.4 is 21.9 Å².